The molecule has 0 aliphatic carbocycles. The van der Waals surface area contributed by atoms with Crippen LogP contribution in [-0.2, 0) is 6.54 Å². The minimum atomic E-state index is -0.338. The summed E-state index contributed by atoms with van der Waals surface area (Å²) in [6.45, 7) is 0.328. The van der Waals surface area contributed by atoms with E-state index in [4.69, 9.17) is 17.3 Å². The third kappa shape index (κ3) is 2.95. The van der Waals surface area contributed by atoms with Gasteiger partial charge >= 0.3 is 0 Å². The quantitative estimate of drug-likeness (QED) is 0.881. The lowest BCUT2D eigenvalue weighted by molar-refractivity contribution is 0.0945. The van der Waals surface area contributed by atoms with Crippen LogP contribution < -0.4 is 11.1 Å². The molecule has 18 heavy (non-hydrogen) atoms. The third-order valence-electron chi connectivity index (χ3n) is 2.28. The second-order valence-electron chi connectivity index (χ2n) is 3.60. The molecule has 1 amide bonds. The first kappa shape index (κ1) is 12.3. The van der Waals surface area contributed by atoms with Crippen molar-refractivity contribution < 1.29 is 4.79 Å². The standard InChI is InChI=1S/C12H11ClN4O/c13-9-4-2-1-3-8(9)5-16-12(18)10-6-15-7-11(14)17-10/h1-4,6-7H,5H2,(H2,14,17)(H,16,18). The molecule has 0 spiro atoms. The van der Waals surface area contributed by atoms with Crippen molar-refractivity contribution in [1.82, 2.24) is 15.3 Å². The molecule has 1 aromatic heterocycles. The van der Waals surface area contributed by atoms with E-state index in [1.54, 1.807) is 6.07 Å². The summed E-state index contributed by atoms with van der Waals surface area (Å²) < 4.78 is 0. The van der Waals surface area contributed by atoms with Crippen molar-refractivity contribution in [2.45, 2.75) is 6.54 Å². The van der Waals surface area contributed by atoms with E-state index >= 15 is 0 Å². The zero-order valence-electron chi connectivity index (χ0n) is 9.43. The third-order valence-corrected chi connectivity index (χ3v) is 2.65. The fraction of sp³-hybridized carbons (Fsp3) is 0.0833. The first-order valence-electron chi connectivity index (χ1n) is 5.26. The molecule has 0 aliphatic rings. The van der Waals surface area contributed by atoms with Gasteiger partial charge in [-0.15, -0.1) is 0 Å². The van der Waals surface area contributed by atoms with Crippen LogP contribution in [0.5, 0.6) is 0 Å². The number of amides is 1. The molecule has 2 rings (SSSR count). The largest absolute Gasteiger partial charge is 0.382 e. The molecular weight excluding hydrogens is 252 g/mol. The van der Waals surface area contributed by atoms with Gasteiger partial charge in [0.25, 0.3) is 5.91 Å². The lowest BCUT2D eigenvalue weighted by atomic mass is 10.2. The van der Waals surface area contributed by atoms with Gasteiger partial charge < -0.3 is 11.1 Å². The summed E-state index contributed by atoms with van der Waals surface area (Å²) in [5.74, 6) is -0.130. The average molecular weight is 263 g/mol. The highest BCUT2D eigenvalue weighted by molar-refractivity contribution is 6.31. The van der Waals surface area contributed by atoms with Crippen molar-refractivity contribution in [1.29, 1.82) is 0 Å². The molecule has 0 radical (unpaired) electrons. The van der Waals surface area contributed by atoms with E-state index in [-0.39, 0.29) is 17.4 Å². The van der Waals surface area contributed by atoms with Crippen LogP contribution in [-0.4, -0.2) is 15.9 Å². The van der Waals surface area contributed by atoms with Crippen LogP contribution in [0.1, 0.15) is 16.1 Å². The number of nitrogen functional groups attached to an aromatic ring is 1. The van der Waals surface area contributed by atoms with Crippen LogP contribution >= 0.6 is 11.6 Å². The predicted octanol–water partition coefficient (Wildman–Crippen LogP) is 1.64. The average Bonchev–Trinajstić information content (AvgIpc) is 2.37. The van der Waals surface area contributed by atoms with E-state index in [0.29, 0.717) is 11.6 Å². The first-order chi connectivity index (χ1) is 8.66. The molecule has 92 valence electrons. The number of nitrogens with two attached hydrogens (primary N) is 1. The molecule has 3 N–H and O–H groups in total. The number of benzene rings is 1. The smallest absolute Gasteiger partial charge is 0.271 e. The number of anilines is 1. The molecule has 6 heteroatoms. The number of nitrogens with one attached hydrogen (secondary N) is 1. The second-order valence-corrected chi connectivity index (χ2v) is 4.01. The highest BCUT2D eigenvalue weighted by Gasteiger charge is 2.08. The summed E-state index contributed by atoms with van der Waals surface area (Å²) in [7, 11) is 0. The number of nitrogens with zero attached hydrogens (tertiary/aromatic N) is 2. The molecule has 5 nitrogen and oxygen atoms in total. The van der Waals surface area contributed by atoms with Crippen LogP contribution in [0.25, 0.3) is 0 Å². The van der Waals surface area contributed by atoms with E-state index in [1.165, 1.54) is 12.4 Å². The van der Waals surface area contributed by atoms with Gasteiger partial charge in [-0.1, -0.05) is 29.8 Å². The van der Waals surface area contributed by atoms with Crippen LogP contribution in [0.4, 0.5) is 5.82 Å². The zero-order chi connectivity index (χ0) is 13.0. The second kappa shape index (κ2) is 5.46. The number of carbonyl (C=O) groups is 1. The molecule has 0 saturated carbocycles. The molecule has 1 heterocycles. The monoisotopic (exact) mass is 262 g/mol. The summed E-state index contributed by atoms with van der Waals surface area (Å²) in [4.78, 5) is 19.5. The fourth-order valence-electron chi connectivity index (χ4n) is 1.40. The Morgan fingerprint density at radius 3 is 2.83 bits per heavy atom. The summed E-state index contributed by atoms with van der Waals surface area (Å²) in [6, 6.07) is 7.29. The van der Waals surface area contributed by atoms with Gasteiger partial charge in [-0.3, -0.25) is 9.78 Å². The van der Waals surface area contributed by atoms with Gasteiger partial charge in [0, 0.05) is 11.6 Å². The Hall–Kier alpha value is -2.14. The van der Waals surface area contributed by atoms with Gasteiger partial charge in [-0.05, 0) is 11.6 Å². The highest BCUT2D eigenvalue weighted by Crippen LogP contribution is 2.14. The number of carbonyl (C=O) groups excluding carboxylic acids is 1. The molecule has 1 aromatic carbocycles. The van der Waals surface area contributed by atoms with E-state index in [0.717, 1.165) is 5.56 Å². The number of aromatic nitrogens is 2. The maximum absolute atomic E-state index is 11.8. The van der Waals surface area contributed by atoms with Crippen molar-refractivity contribution in [2.24, 2.45) is 0 Å². The van der Waals surface area contributed by atoms with Crippen LogP contribution in [0.2, 0.25) is 5.02 Å². The fourth-order valence-corrected chi connectivity index (χ4v) is 1.60. The van der Waals surface area contributed by atoms with Gasteiger partial charge in [0.15, 0.2) is 0 Å². The molecule has 0 saturated heterocycles. The topological polar surface area (TPSA) is 80.9 Å². The van der Waals surface area contributed by atoms with Crippen molar-refractivity contribution >= 4 is 23.3 Å². The van der Waals surface area contributed by atoms with Crippen molar-refractivity contribution in [3.63, 3.8) is 0 Å². The summed E-state index contributed by atoms with van der Waals surface area (Å²) in [5, 5.41) is 3.31. The molecule has 0 atom stereocenters. The number of hydrogen-bond donors (Lipinski definition) is 2. The van der Waals surface area contributed by atoms with E-state index < -0.39 is 0 Å². The Labute approximate surface area is 109 Å². The van der Waals surface area contributed by atoms with Gasteiger partial charge in [0.2, 0.25) is 0 Å². The van der Waals surface area contributed by atoms with Crippen LogP contribution in [0, 0.1) is 0 Å². The molecule has 0 aliphatic heterocycles. The molecule has 0 fully saturated rings. The maximum atomic E-state index is 11.8. The molecule has 0 unspecified atom stereocenters. The lowest BCUT2D eigenvalue weighted by Gasteiger charge is -2.06. The molecular formula is C12H11ClN4O. The van der Waals surface area contributed by atoms with Gasteiger partial charge in [0.05, 0.1) is 12.4 Å². The number of rotatable bonds is 3. The Balaban J connectivity index is 2.03. The first-order valence-corrected chi connectivity index (χ1v) is 5.64. The SMILES string of the molecule is Nc1cncc(C(=O)NCc2ccccc2Cl)n1. The van der Waals surface area contributed by atoms with Gasteiger partial charge in [0.1, 0.15) is 11.5 Å². The van der Waals surface area contributed by atoms with Gasteiger partial charge in [-0.25, -0.2) is 4.98 Å². The summed E-state index contributed by atoms with van der Waals surface area (Å²) >= 11 is 5.98. The Morgan fingerprint density at radius 2 is 2.11 bits per heavy atom. The van der Waals surface area contributed by atoms with E-state index in [9.17, 15) is 4.79 Å². The van der Waals surface area contributed by atoms with Crippen molar-refractivity contribution in [2.75, 3.05) is 5.73 Å². The van der Waals surface area contributed by atoms with Crippen LogP contribution in [0.15, 0.2) is 36.7 Å². The maximum Gasteiger partial charge on any atom is 0.271 e. The molecule has 0 bridgehead atoms. The van der Waals surface area contributed by atoms with Gasteiger partial charge in [-0.2, -0.15) is 0 Å². The Bertz CT molecular complexity index is 574. The Morgan fingerprint density at radius 1 is 1.33 bits per heavy atom. The minimum Gasteiger partial charge on any atom is -0.382 e. The van der Waals surface area contributed by atoms with E-state index in [1.807, 2.05) is 18.2 Å². The molecule has 2 aromatic rings. The zero-order valence-corrected chi connectivity index (χ0v) is 10.2. The van der Waals surface area contributed by atoms with Crippen molar-refractivity contribution in [3.05, 3.63) is 52.9 Å². The summed E-state index contributed by atoms with van der Waals surface area (Å²) in [6.07, 6.45) is 2.74. The Kier molecular flexibility index (Phi) is 3.74. The van der Waals surface area contributed by atoms with Crippen molar-refractivity contribution in [3.8, 4) is 0 Å². The lowest BCUT2D eigenvalue weighted by Crippen LogP contribution is -2.24. The normalized spacial score (nSPS) is 10.1. The van der Waals surface area contributed by atoms with E-state index in [2.05, 4.69) is 15.3 Å². The number of hydrogen-bond acceptors (Lipinski definition) is 4. The van der Waals surface area contributed by atoms with Crippen LogP contribution in [0.3, 0.4) is 0 Å². The predicted molar refractivity (Wildman–Crippen MR) is 69.1 cm³/mol. The summed E-state index contributed by atoms with van der Waals surface area (Å²) in [5.41, 5.74) is 6.47. The highest BCUT2D eigenvalue weighted by atomic mass is 35.5. The minimum absolute atomic E-state index is 0.182. The number of halogens is 1.